The van der Waals surface area contributed by atoms with Crippen molar-refractivity contribution < 1.29 is 9.84 Å². The molecule has 0 spiro atoms. The number of hydrogen-bond donors (Lipinski definition) is 2. The normalized spacial score (nSPS) is 21.7. The van der Waals surface area contributed by atoms with E-state index >= 15 is 0 Å². The number of hydrogen-bond acceptors (Lipinski definition) is 6. The highest BCUT2D eigenvalue weighted by Gasteiger charge is 2.47. The lowest BCUT2D eigenvalue weighted by atomic mass is 10.00. The van der Waals surface area contributed by atoms with Crippen LogP contribution in [0, 0.1) is 0 Å². The number of anilines is 1. The fourth-order valence-corrected chi connectivity index (χ4v) is 2.99. The van der Waals surface area contributed by atoms with Crippen molar-refractivity contribution in [2.75, 3.05) is 12.1 Å². The Morgan fingerprint density at radius 1 is 1.08 bits per heavy atom. The summed E-state index contributed by atoms with van der Waals surface area (Å²) in [6.07, 6.45) is 1.86. The van der Waals surface area contributed by atoms with Crippen molar-refractivity contribution in [1.82, 2.24) is 5.43 Å². The molecule has 2 aliphatic rings. The number of hydrazone groups is 2. The van der Waals surface area contributed by atoms with Crippen LogP contribution in [-0.2, 0) is 0 Å². The fourth-order valence-electron chi connectivity index (χ4n) is 2.99. The second-order valence-corrected chi connectivity index (χ2v) is 5.90. The summed E-state index contributed by atoms with van der Waals surface area (Å²) >= 11 is 0. The van der Waals surface area contributed by atoms with Gasteiger partial charge in [-0.3, -0.25) is 5.43 Å². The number of ether oxygens (including phenoxy) is 1. The van der Waals surface area contributed by atoms with Gasteiger partial charge < -0.3 is 9.84 Å². The number of benzene rings is 2. The van der Waals surface area contributed by atoms with Crippen LogP contribution in [0.2, 0.25) is 0 Å². The van der Waals surface area contributed by atoms with Crippen molar-refractivity contribution in [3.63, 3.8) is 0 Å². The van der Waals surface area contributed by atoms with E-state index in [1.54, 1.807) is 12.1 Å². The molecule has 0 aromatic heterocycles. The van der Waals surface area contributed by atoms with Crippen LogP contribution in [0.4, 0.5) is 5.69 Å². The summed E-state index contributed by atoms with van der Waals surface area (Å²) in [5.41, 5.74) is 6.72. The maximum atomic E-state index is 11.1. The molecule has 1 unspecified atom stereocenters. The fraction of sp³-hybridized carbons (Fsp3) is 0.158. The number of para-hydroxylation sites is 1. The molecule has 1 atom stereocenters. The van der Waals surface area contributed by atoms with E-state index in [1.807, 2.05) is 67.6 Å². The topological polar surface area (TPSA) is 69.4 Å². The molecule has 0 bridgehead atoms. The molecule has 2 heterocycles. The van der Waals surface area contributed by atoms with Crippen molar-refractivity contribution in [3.05, 3.63) is 71.8 Å². The van der Waals surface area contributed by atoms with Crippen LogP contribution >= 0.6 is 0 Å². The molecule has 25 heavy (non-hydrogen) atoms. The van der Waals surface area contributed by atoms with Gasteiger partial charge in [-0.1, -0.05) is 18.2 Å². The summed E-state index contributed by atoms with van der Waals surface area (Å²) in [6.45, 7) is 1.87. The first-order valence-corrected chi connectivity index (χ1v) is 7.96. The van der Waals surface area contributed by atoms with Crippen LogP contribution in [-0.4, -0.2) is 29.5 Å². The first-order chi connectivity index (χ1) is 12.1. The Balaban J connectivity index is 1.69. The Morgan fingerprint density at radius 2 is 1.80 bits per heavy atom. The third-order valence-corrected chi connectivity index (χ3v) is 4.32. The van der Waals surface area contributed by atoms with Gasteiger partial charge in [-0.15, -0.1) is 0 Å². The van der Waals surface area contributed by atoms with Gasteiger partial charge in [0, 0.05) is 5.56 Å². The quantitative estimate of drug-likeness (QED) is 0.905. The number of rotatable bonds is 3. The van der Waals surface area contributed by atoms with Crippen molar-refractivity contribution in [3.8, 4) is 5.75 Å². The number of fused-ring (bicyclic) bond motifs is 1. The minimum Gasteiger partial charge on any atom is -0.497 e. The summed E-state index contributed by atoms with van der Waals surface area (Å²) in [5.74, 6) is -0.701. The van der Waals surface area contributed by atoms with Gasteiger partial charge >= 0.3 is 0 Å². The lowest BCUT2D eigenvalue weighted by molar-refractivity contribution is 0.0501. The number of nitrogens with zero attached hydrogens (tertiary/aromatic N) is 3. The molecular formula is C19H18N4O2. The Labute approximate surface area is 145 Å². The largest absolute Gasteiger partial charge is 0.497 e. The Hall–Kier alpha value is -3.12. The van der Waals surface area contributed by atoms with E-state index in [1.165, 1.54) is 0 Å². The van der Waals surface area contributed by atoms with Gasteiger partial charge in [-0.2, -0.15) is 10.2 Å². The molecule has 0 saturated carbocycles. The molecular weight excluding hydrogens is 316 g/mol. The van der Waals surface area contributed by atoms with Crippen molar-refractivity contribution in [1.29, 1.82) is 0 Å². The van der Waals surface area contributed by atoms with Gasteiger partial charge in [0.05, 0.1) is 29.8 Å². The maximum Gasteiger partial charge on any atom is 0.281 e. The standard InChI is InChI=1S/C19H18N4O2/c1-13-17-12-18(14-8-10-16(25-2)11-9-14)20-22-19(17,24)23(21-13)15-6-4-3-5-7-15/h3-12,22,24H,1-2H3. The second kappa shape index (κ2) is 5.75. The highest BCUT2D eigenvalue weighted by molar-refractivity contribution is 6.16. The van der Waals surface area contributed by atoms with Gasteiger partial charge in [-0.25, -0.2) is 5.01 Å². The van der Waals surface area contributed by atoms with E-state index in [9.17, 15) is 5.11 Å². The smallest absolute Gasteiger partial charge is 0.281 e. The predicted molar refractivity (Wildman–Crippen MR) is 97.7 cm³/mol. The minimum atomic E-state index is -1.48. The number of nitrogens with one attached hydrogen (secondary N) is 1. The lowest BCUT2D eigenvalue weighted by Crippen LogP contribution is -2.56. The lowest BCUT2D eigenvalue weighted by Gasteiger charge is -2.35. The number of methoxy groups -OCH3 is 1. The summed E-state index contributed by atoms with van der Waals surface area (Å²) in [4.78, 5) is 0. The highest BCUT2D eigenvalue weighted by Crippen LogP contribution is 2.35. The van der Waals surface area contributed by atoms with Gasteiger partial charge in [0.1, 0.15) is 5.75 Å². The Morgan fingerprint density at radius 3 is 2.48 bits per heavy atom. The molecule has 0 aliphatic carbocycles. The van der Waals surface area contributed by atoms with E-state index in [-0.39, 0.29) is 0 Å². The Kier molecular flexibility index (Phi) is 3.54. The summed E-state index contributed by atoms with van der Waals surface area (Å²) in [7, 11) is 1.63. The van der Waals surface area contributed by atoms with E-state index in [2.05, 4.69) is 15.6 Å². The number of aliphatic hydroxyl groups is 1. The Bertz CT molecular complexity index is 887. The molecule has 2 aliphatic heterocycles. The molecule has 0 radical (unpaired) electrons. The van der Waals surface area contributed by atoms with Gasteiger partial charge in [0.15, 0.2) is 0 Å². The molecule has 126 valence electrons. The number of allylic oxidation sites excluding steroid dienone is 1. The summed E-state index contributed by atoms with van der Waals surface area (Å²) < 4.78 is 5.19. The molecule has 6 heteroatoms. The van der Waals surface area contributed by atoms with E-state index in [0.717, 1.165) is 28.4 Å². The van der Waals surface area contributed by atoms with Crippen LogP contribution in [0.15, 0.2) is 76.4 Å². The predicted octanol–water partition coefficient (Wildman–Crippen LogP) is 2.47. The van der Waals surface area contributed by atoms with Gasteiger partial charge in [0.25, 0.3) is 5.85 Å². The molecule has 2 aromatic carbocycles. The van der Waals surface area contributed by atoms with Crippen molar-refractivity contribution in [2.24, 2.45) is 10.2 Å². The molecule has 0 amide bonds. The molecule has 2 aromatic rings. The molecule has 0 fully saturated rings. The first-order valence-electron chi connectivity index (χ1n) is 7.96. The summed E-state index contributed by atoms with van der Waals surface area (Å²) in [6, 6.07) is 17.1. The van der Waals surface area contributed by atoms with Crippen LogP contribution in [0.3, 0.4) is 0 Å². The van der Waals surface area contributed by atoms with Gasteiger partial charge in [0.2, 0.25) is 0 Å². The molecule has 0 saturated heterocycles. The minimum absolute atomic E-state index is 0.678. The average molecular weight is 334 g/mol. The van der Waals surface area contributed by atoms with Crippen molar-refractivity contribution >= 4 is 17.1 Å². The zero-order chi connectivity index (χ0) is 17.4. The van der Waals surface area contributed by atoms with Crippen LogP contribution < -0.4 is 15.2 Å². The molecule has 2 N–H and O–H groups in total. The van der Waals surface area contributed by atoms with Crippen LogP contribution in [0.5, 0.6) is 5.75 Å². The molecule has 6 nitrogen and oxygen atoms in total. The SMILES string of the molecule is COc1ccc(C2=NNC3(O)C(=C2)C(C)=NN3c2ccccc2)cc1. The third kappa shape index (κ3) is 2.47. The van der Waals surface area contributed by atoms with E-state index < -0.39 is 5.85 Å². The zero-order valence-electron chi connectivity index (χ0n) is 14.0. The highest BCUT2D eigenvalue weighted by atomic mass is 16.5. The third-order valence-electron chi connectivity index (χ3n) is 4.32. The zero-order valence-corrected chi connectivity index (χ0v) is 14.0. The first kappa shape index (κ1) is 15.4. The van der Waals surface area contributed by atoms with E-state index in [4.69, 9.17) is 4.74 Å². The van der Waals surface area contributed by atoms with E-state index in [0.29, 0.717) is 5.57 Å². The summed E-state index contributed by atoms with van der Waals surface area (Å²) in [5, 5.41) is 21.6. The average Bonchev–Trinajstić information content (AvgIpc) is 2.93. The van der Waals surface area contributed by atoms with Crippen LogP contribution in [0.25, 0.3) is 0 Å². The monoisotopic (exact) mass is 334 g/mol. The maximum absolute atomic E-state index is 11.1. The molecule has 4 rings (SSSR count). The van der Waals surface area contributed by atoms with Gasteiger partial charge in [-0.05, 0) is 49.4 Å². The van der Waals surface area contributed by atoms with Crippen LogP contribution in [0.1, 0.15) is 12.5 Å². The second-order valence-electron chi connectivity index (χ2n) is 5.90. The van der Waals surface area contributed by atoms with Crippen molar-refractivity contribution in [2.45, 2.75) is 12.8 Å².